The van der Waals surface area contributed by atoms with Crippen LogP contribution in [0.4, 0.5) is 0 Å². The summed E-state index contributed by atoms with van der Waals surface area (Å²) in [5, 5.41) is 9.16. The maximum atomic E-state index is 9.16. The number of nitrogens with zero attached hydrogens (tertiary/aromatic N) is 1. The molecule has 1 heteroatoms. The first kappa shape index (κ1) is 8.97. The summed E-state index contributed by atoms with van der Waals surface area (Å²) in [5.41, 5.74) is 4.55. The average molecular weight is 197 g/mol. The predicted octanol–water partition coefficient (Wildman–Crippen LogP) is 3.11. The molecule has 0 N–H and O–H groups in total. The average Bonchev–Trinajstić information content (AvgIpc) is 2.57. The molecule has 1 aromatic carbocycles. The second kappa shape index (κ2) is 2.85. The number of hydrogen-bond acceptors (Lipinski definition) is 1. The predicted molar refractivity (Wildman–Crippen MR) is 59.5 cm³/mol. The number of benzene rings is 1. The molecule has 76 valence electrons. The smallest absolute Gasteiger partial charge is 0.0665 e. The van der Waals surface area contributed by atoms with E-state index in [0.29, 0.717) is 0 Å². The van der Waals surface area contributed by atoms with E-state index in [2.05, 4.69) is 31.2 Å². The summed E-state index contributed by atoms with van der Waals surface area (Å²) in [5.74, 6) is 0.278. The van der Waals surface area contributed by atoms with Gasteiger partial charge in [0, 0.05) is 5.41 Å². The third-order valence-corrected chi connectivity index (χ3v) is 4.34. The maximum absolute atomic E-state index is 9.16. The normalized spacial score (nSPS) is 32.1. The Morgan fingerprint density at radius 1 is 1.40 bits per heavy atom. The van der Waals surface area contributed by atoms with E-state index >= 15 is 0 Å². The van der Waals surface area contributed by atoms with Gasteiger partial charge in [-0.15, -0.1) is 0 Å². The Morgan fingerprint density at radius 3 is 2.93 bits per heavy atom. The van der Waals surface area contributed by atoms with Crippen LogP contribution in [0.25, 0.3) is 0 Å². The first-order valence-electron chi connectivity index (χ1n) is 5.76. The minimum absolute atomic E-state index is 0.246. The van der Waals surface area contributed by atoms with E-state index in [1.54, 1.807) is 0 Å². The van der Waals surface area contributed by atoms with Crippen molar-refractivity contribution in [3.63, 3.8) is 0 Å². The quantitative estimate of drug-likeness (QED) is 0.627. The molecule has 15 heavy (non-hydrogen) atoms. The molecule has 0 radical (unpaired) electrons. The number of hydrogen-bond donors (Lipinski definition) is 0. The van der Waals surface area contributed by atoms with E-state index in [9.17, 15) is 0 Å². The van der Waals surface area contributed by atoms with Gasteiger partial charge in [-0.2, -0.15) is 5.26 Å². The Balaban J connectivity index is 2.12. The number of rotatable bonds is 0. The highest BCUT2D eigenvalue weighted by Gasteiger charge is 2.51. The molecule has 2 atom stereocenters. The van der Waals surface area contributed by atoms with Crippen LogP contribution in [-0.4, -0.2) is 0 Å². The Hall–Kier alpha value is -1.29. The molecular weight excluding hydrogens is 182 g/mol. The van der Waals surface area contributed by atoms with Gasteiger partial charge in [0.05, 0.1) is 12.0 Å². The van der Waals surface area contributed by atoms with Gasteiger partial charge in [0.2, 0.25) is 0 Å². The summed E-state index contributed by atoms with van der Waals surface area (Å²) in [6, 6.07) is 9.25. The number of aryl methyl sites for hydroxylation is 2. The summed E-state index contributed by atoms with van der Waals surface area (Å²) < 4.78 is 0. The minimum Gasteiger partial charge on any atom is -0.198 e. The van der Waals surface area contributed by atoms with E-state index in [0.717, 1.165) is 6.42 Å². The van der Waals surface area contributed by atoms with Crippen LogP contribution in [0.15, 0.2) is 18.2 Å². The molecule has 1 spiro atoms. The van der Waals surface area contributed by atoms with E-state index < -0.39 is 0 Å². The Bertz CT molecular complexity index is 455. The van der Waals surface area contributed by atoms with Gasteiger partial charge in [-0.25, -0.2) is 0 Å². The van der Waals surface area contributed by atoms with Crippen molar-refractivity contribution in [3.05, 3.63) is 34.9 Å². The van der Waals surface area contributed by atoms with Crippen LogP contribution >= 0.6 is 0 Å². The highest BCUT2D eigenvalue weighted by Crippen LogP contribution is 2.56. The molecule has 0 aromatic heterocycles. The third kappa shape index (κ3) is 1.03. The molecule has 2 aliphatic rings. The fourth-order valence-corrected chi connectivity index (χ4v) is 3.31. The summed E-state index contributed by atoms with van der Waals surface area (Å²) in [6.45, 7) is 2.15. The maximum Gasteiger partial charge on any atom is 0.0665 e. The van der Waals surface area contributed by atoms with E-state index in [-0.39, 0.29) is 11.3 Å². The first-order valence-corrected chi connectivity index (χ1v) is 5.76. The van der Waals surface area contributed by atoms with Gasteiger partial charge in [0.25, 0.3) is 0 Å². The fourth-order valence-electron chi connectivity index (χ4n) is 3.31. The topological polar surface area (TPSA) is 23.8 Å². The lowest BCUT2D eigenvalue weighted by atomic mass is 9.57. The Kier molecular flexibility index (Phi) is 1.71. The van der Waals surface area contributed by atoms with Crippen LogP contribution < -0.4 is 0 Å². The molecule has 1 aromatic rings. The first-order chi connectivity index (χ1) is 7.26. The van der Waals surface area contributed by atoms with Crippen molar-refractivity contribution in [1.82, 2.24) is 0 Å². The van der Waals surface area contributed by atoms with Crippen molar-refractivity contribution >= 4 is 0 Å². The number of fused-ring (bicyclic) bond motifs is 2. The lowest BCUT2D eigenvalue weighted by Crippen LogP contribution is -2.41. The lowest BCUT2D eigenvalue weighted by Gasteiger charge is -2.44. The van der Waals surface area contributed by atoms with Gasteiger partial charge in [0.15, 0.2) is 0 Å². The molecule has 0 unspecified atom stereocenters. The van der Waals surface area contributed by atoms with Gasteiger partial charge in [-0.3, -0.25) is 0 Å². The standard InChI is InChI=1S/C14H15N/c1-10-2-3-11-4-6-14(13(11)8-10)7-5-12(14)9-15/h2-3,8,12H,4-7H2,1H3/t12-,14+/m1/s1. The molecule has 2 aliphatic carbocycles. The van der Waals surface area contributed by atoms with Crippen LogP contribution in [0.3, 0.4) is 0 Å². The van der Waals surface area contributed by atoms with Crippen LogP contribution in [0.2, 0.25) is 0 Å². The third-order valence-electron chi connectivity index (χ3n) is 4.34. The molecule has 1 fully saturated rings. The monoisotopic (exact) mass is 197 g/mol. The van der Waals surface area contributed by atoms with Crippen LogP contribution in [0, 0.1) is 24.2 Å². The molecule has 1 nitrogen and oxygen atoms in total. The summed E-state index contributed by atoms with van der Waals surface area (Å²) >= 11 is 0. The van der Waals surface area contributed by atoms with Gasteiger partial charge in [-0.1, -0.05) is 23.8 Å². The SMILES string of the molecule is Cc1ccc2c(c1)[C@@]1(CC2)CC[C@@H]1C#N. The summed E-state index contributed by atoms with van der Waals surface area (Å²) in [6.07, 6.45) is 4.70. The zero-order valence-corrected chi connectivity index (χ0v) is 9.09. The van der Waals surface area contributed by atoms with Crippen LogP contribution in [-0.2, 0) is 11.8 Å². The van der Waals surface area contributed by atoms with E-state index in [1.165, 1.54) is 36.0 Å². The van der Waals surface area contributed by atoms with Crippen molar-refractivity contribution in [2.75, 3.05) is 0 Å². The van der Waals surface area contributed by atoms with Crippen molar-refractivity contribution in [2.45, 2.75) is 38.0 Å². The second-order valence-electron chi connectivity index (χ2n) is 5.04. The molecule has 3 rings (SSSR count). The second-order valence-corrected chi connectivity index (χ2v) is 5.04. The van der Waals surface area contributed by atoms with Gasteiger partial charge in [-0.05, 0) is 43.7 Å². The zero-order valence-electron chi connectivity index (χ0n) is 9.09. The highest BCUT2D eigenvalue weighted by atomic mass is 14.5. The van der Waals surface area contributed by atoms with Crippen LogP contribution in [0.1, 0.15) is 36.0 Å². The largest absolute Gasteiger partial charge is 0.198 e. The minimum atomic E-state index is 0.246. The summed E-state index contributed by atoms with van der Waals surface area (Å²) in [7, 11) is 0. The van der Waals surface area contributed by atoms with Crippen molar-refractivity contribution in [2.24, 2.45) is 5.92 Å². The lowest BCUT2D eigenvalue weighted by molar-refractivity contribution is 0.171. The van der Waals surface area contributed by atoms with Gasteiger partial charge < -0.3 is 0 Å². The molecule has 0 bridgehead atoms. The van der Waals surface area contributed by atoms with E-state index in [4.69, 9.17) is 5.26 Å². The van der Waals surface area contributed by atoms with E-state index in [1.807, 2.05) is 0 Å². The zero-order chi connectivity index (χ0) is 10.5. The van der Waals surface area contributed by atoms with Crippen molar-refractivity contribution < 1.29 is 0 Å². The molecule has 1 saturated carbocycles. The van der Waals surface area contributed by atoms with Crippen LogP contribution in [0.5, 0.6) is 0 Å². The molecule has 0 saturated heterocycles. The number of nitriles is 1. The fraction of sp³-hybridized carbons (Fsp3) is 0.500. The van der Waals surface area contributed by atoms with Gasteiger partial charge >= 0.3 is 0 Å². The van der Waals surface area contributed by atoms with Gasteiger partial charge in [0.1, 0.15) is 0 Å². The molecule has 0 aliphatic heterocycles. The highest BCUT2D eigenvalue weighted by molar-refractivity contribution is 5.45. The summed E-state index contributed by atoms with van der Waals surface area (Å²) in [4.78, 5) is 0. The van der Waals surface area contributed by atoms with Crippen molar-refractivity contribution in [3.8, 4) is 6.07 Å². The Labute approximate surface area is 90.7 Å². The molecular formula is C14H15N. The van der Waals surface area contributed by atoms with Crippen molar-refractivity contribution in [1.29, 1.82) is 5.26 Å². The molecule has 0 heterocycles. The Morgan fingerprint density at radius 2 is 2.27 bits per heavy atom. The molecule has 0 amide bonds.